The number of ether oxygens (including phenoxy) is 2. The number of rotatable bonds is 4. The zero-order valence-electron chi connectivity index (χ0n) is 19.5. The summed E-state index contributed by atoms with van der Waals surface area (Å²) in [6.07, 6.45) is 3.47. The maximum Gasteiger partial charge on any atom is 0.213 e. The summed E-state index contributed by atoms with van der Waals surface area (Å²) in [6, 6.07) is 10.8. The van der Waals surface area contributed by atoms with Gasteiger partial charge in [-0.05, 0) is 48.4 Å². The highest BCUT2D eigenvalue weighted by Crippen LogP contribution is 2.41. The molecule has 0 unspecified atom stereocenters. The standard InChI is InChI=1S/C26H21F2N5O2S/c1-14-9-23(34-2)30-12-17(14)19-5-6-21-24(32-19)25-15(7-8-35-21)10-22(36-25)26(31-13-29)33-20-4-3-16(27)11-18(20)28/h3-6,9-13H,7-8H2,1-2H3,(H2,29,31,33). The molecule has 0 aliphatic carbocycles. The number of hydrogen-bond donors (Lipinski definition) is 1. The maximum atomic E-state index is 14.3. The van der Waals surface area contributed by atoms with E-state index in [9.17, 15) is 8.78 Å². The van der Waals surface area contributed by atoms with Crippen LogP contribution in [-0.2, 0) is 6.42 Å². The largest absolute Gasteiger partial charge is 0.491 e. The van der Waals surface area contributed by atoms with Gasteiger partial charge in [-0.3, -0.25) is 0 Å². The molecule has 36 heavy (non-hydrogen) atoms. The fraction of sp³-hybridized carbons (Fsp3) is 0.154. The number of aromatic nitrogens is 2. The summed E-state index contributed by atoms with van der Waals surface area (Å²) >= 11 is 1.41. The van der Waals surface area contributed by atoms with Crippen LogP contribution in [0.2, 0.25) is 0 Å². The van der Waals surface area contributed by atoms with Crippen LogP contribution in [0.3, 0.4) is 0 Å². The van der Waals surface area contributed by atoms with Crippen molar-refractivity contribution in [2.45, 2.75) is 13.3 Å². The third-order valence-electron chi connectivity index (χ3n) is 5.64. The molecule has 0 bridgehead atoms. The third-order valence-corrected chi connectivity index (χ3v) is 6.82. The Kier molecular flexibility index (Phi) is 6.43. The van der Waals surface area contributed by atoms with Crippen LogP contribution >= 0.6 is 11.3 Å². The van der Waals surface area contributed by atoms with Crippen molar-refractivity contribution in [3.05, 3.63) is 76.3 Å². The van der Waals surface area contributed by atoms with E-state index in [4.69, 9.17) is 20.2 Å². The number of hydrogen-bond acceptors (Lipinski definition) is 6. The van der Waals surface area contributed by atoms with E-state index in [1.165, 1.54) is 17.4 Å². The van der Waals surface area contributed by atoms with Gasteiger partial charge in [-0.15, -0.1) is 11.3 Å². The minimum absolute atomic E-state index is 0.0350. The fourth-order valence-electron chi connectivity index (χ4n) is 3.89. The number of aryl methyl sites for hydroxylation is 1. The highest BCUT2D eigenvalue weighted by Gasteiger charge is 2.23. The first kappa shape index (κ1) is 23.6. The molecule has 1 aliphatic heterocycles. The van der Waals surface area contributed by atoms with E-state index < -0.39 is 11.6 Å². The molecule has 0 saturated heterocycles. The average molecular weight is 506 g/mol. The normalized spacial score (nSPS) is 13.2. The molecule has 5 rings (SSSR count). The van der Waals surface area contributed by atoms with Crippen molar-refractivity contribution in [2.75, 3.05) is 13.7 Å². The van der Waals surface area contributed by atoms with Gasteiger partial charge >= 0.3 is 0 Å². The van der Waals surface area contributed by atoms with Crippen molar-refractivity contribution in [1.82, 2.24) is 9.97 Å². The predicted octanol–water partition coefficient (Wildman–Crippen LogP) is 5.47. The minimum Gasteiger partial charge on any atom is -0.491 e. The molecule has 0 saturated carbocycles. The first-order valence-electron chi connectivity index (χ1n) is 11.0. The van der Waals surface area contributed by atoms with Crippen molar-refractivity contribution in [3.8, 4) is 33.5 Å². The quantitative estimate of drug-likeness (QED) is 0.293. The van der Waals surface area contributed by atoms with Crippen LogP contribution < -0.4 is 15.2 Å². The van der Waals surface area contributed by atoms with Gasteiger partial charge in [0.1, 0.15) is 22.9 Å². The Morgan fingerprint density at radius 2 is 2.06 bits per heavy atom. The second kappa shape index (κ2) is 9.82. The molecule has 0 spiro atoms. The number of aliphatic imine (C=N–C) groups is 2. The molecule has 10 heteroatoms. The molecule has 0 atom stereocenters. The molecule has 3 aromatic heterocycles. The lowest BCUT2D eigenvalue weighted by atomic mass is 10.1. The summed E-state index contributed by atoms with van der Waals surface area (Å²) in [5.74, 6) is -0.0555. The van der Waals surface area contributed by atoms with Gasteiger partial charge in [-0.1, -0.05) is 0 Å². The van der Waals surface area contributed by atoms with Gasteiger partial charge in [0.2, 0.25) is 5.88 Å². The Hall–Kier alpha value is -4.18. The van der Waals surface area contributed by atoms with Gasteiger partial charge in [0, 0.05) is 30.3 Å². The van der Waals surface area contributed by atoms with Gasteiger partial charge in [0.05, 0.1) is 35.5 Å². The number of benzene rings is 1. The summed E-state index contributed by atoms with van der Waals surface area (Å²) in [4.78, 5) is 19.3. The molecule has 0 fully saturated rings. The number of amidine groups is 1. The van der Waals surface area contributed by atoms with Crippen LogP contribution in [-0.4, -0.2) is 35.9 Å². The molecular weight excluding hydrogens is 484 g/mol. The van der Waals surface area contributed by atoms with E-state index in [0.717, 1.165) is 45.7 Å². The van der Waals surface area contributed by atoms with Gasteiger partial charge in [0.15, 0.2) is 11.7 Å². The minimum atomic E-state index is -0.786. The lowest BCUT2D eigenvalue weighted by molar-refractivity contribution is 0.325. The van der Waals surface area contributed by atoms with Crippen LogP contribution in [0.15, 0.2) is 58.6 Å². The fourth-order valence-corrected chi connectivity index (χ4v) is 5.03. The Balaban J connectivity index is 1.60. The Morgan fingerprint density at radius 1 is 1.19 bits per heavy atom. The van der Waals surface area contributed by atoms with Crippen molar-refractivity contribution < 1.29 is 18.3 Å². The Morgan fingerprint density at radius 3 is 2.81 bits per heavy atom. The van der Waals surface area contributed by atoms with E-state index in [2.05, 4.69) is 15.0 Å². The van der Waals surface area contributed by atoms with Crippen LogP contribution in [0, 0.1) is 18.6 Å². The molecule has 4 heterocycles. The van der Waals surface area contributed by atoms with E-state index in [1.807, 2.05) is 31.2 Å². The van der Waals surface area contributed by atoms with E-state index >= 15 is 0 Å². The second-order valence-electron chi connectivity index (χ2n) is 7.96. The van der Waals surface area contributed by atoms with Gasteiger partial charge in [0.25, 0.3) is 0 Å². The van der Waals surface area contributed by atoms with Gasteiger partial charge in [-0.25, -0.2) is 28.7 Å². The van der Waals surface area contributed by atoms with Crippen LogP contribution in [0.1, 0.15) is 16.0 Å². The number of nitrogens with zero attached hydrogens (tertiary/aromatic N) is 4. The summed E-state index contributed by atoms with van der Waals surface area (Å²) in [5.41, 5.74) is 9.81. The monoisotopic (exact) mass is 505 g/mol. The summed E-state index contributed by atoms with van der Waals surface area (Å²) in [7, 11) is 1.58. The molecule has 1 aromatic carbocycles. The number of thiophene rings is 1. The van der Waals surface area contributed by atoms with E-state index in [-0.39, 0.29) is 11.5 Å². The molecule has 4 aromatic rings. The van der Waals surface area contributed by atoms with E-state index in [0.29, 0.717) is 35.2 Å². The van der Waals surface area contributed by atoms with Crippen molar-refractivity contribution in [2.24, 2.45) is 15.7 Å². The number of pyridine rings is 2. The smallest absolute Gasteiger partial charge is 0.213 e. The lowest BCUT2D eigenvalue weighted by Gasteiger charge is -2.11. The summed E-state index contributed by atoms with van der Waals surface area (Å²) < 4.78 is 38.8. The Labute approximate surface area is 210 Å². The highest BCUT2D eigenvalue weighted by atomic mass is 32.1. The molecular formula is C26H21F2N5O2S. The lowest BCUT2D eigenvalue weighted by Crippen LogP contribution is -2.01. The summed E-state index contributed by atoms with van der Waals surface area (Å²) in [5, 5.41) is 0. The first-order valence-corrected chi connectivity index (χ1v) is 11.8. The van der Waals surface area contributed by atoms with Crippen molar-refractivity contribution in [3.63, 3.8) is 0 Å². The molecule has 0 radical (unpaired) electrons. The maximum absolute atomic E-state index is 14.3. The zero-order chi connectivity index (χ0) is 25.2. The van der Waals surface area contributed by atoms with Crippen molar-refractivity contribution in [1.29, 1.82) is 0 Å². The number of nitrogens with two attached hydrogens (primary N) is 1. The van der Waals surface area contributed by atoms with Crippen LogP contribution in [0.4, 0.5) is 14.5 Å². The average Bonchev–Trinajstić information content (AvgIpc) is 3.21. The van der Waals surface area contributed by atoms with Crippen molar-refractivity contribution >= 4 is 29.2 Å². The molecule has 0 amide bonds. The number of halogens is 2. The predicted molar refractivity (Wildman–Crippen MR) is 137 cm³/mol. The topological polar surface area (TPSA) is 95.0 Å². The molecule has 182 valence electrons. The SMILES string of the molecule is COc1cc(C)c(-c2ccc3c(n2)-c2sc(C(N=CN)=Nc4ccc(F)cc4F)cc2CCO3)cn1. The third kappa shape index (κ3) is 4.55. The number of methoxy groups -OCH3 is 1. The number of fused-ring (bicyclic) bond motifs is 3. The second-order valence-corrected chi connectivity index (χ2v) is 9.01. The Bertz CT molecular complexity index is 1520. The molecule has 2 N–H and O–H groups in total. The van der Waals surface area contributed by atoms with Gasteiger partial charge in [-0.2, -0.15) is 0 Å². The summed E-state index contributed by atoms with van der Waals surface area (Å²) in [6.45, 7) is 2.44. The van der Waals surface area contributed by atoms with Gasteiger partial charge < -0.3 is 15.2 Å². The van der Waals surface area contributed by atoms with E-state index in [1.54, 1.807) is 13.3 Å². The van der Waals surface area contributed by atoms with Crippen LogP contribution in [0.5, 0.6) is 11.6 Å². The molecule has 7 nitrogen and oxygen atoms in total. The highest BCUT2D eigenvalue weighted by molar-refractivity contribution is 7.17. The molecule has 1 aliphatic rings. The van der Waals surface area contributed by atoms with Crippen LogP contribution in [0.25, 0.3) is 21.8 Å². The first-order chi connectivity index (χ1) is 17.5. The zero-order valence-corrected chi connectivity index (χ0v) is 20.3.